The molecule has 0 saturated carbocycles. The van der Waals surface area contributed by atoms with Gasteiger partial charge in [0, 0.05) is 56.6 Å². The number of nitriles is 1. The number of likely N-dealkylation sites (tertiary alicyclic amines) is 1. The molecule has 1 unspecified atom stereocenters. The molecule has 3 aromatic rings. The topological polar surface area (TPSA) is 104 Å². The molecule has 2 heterocycles. The van der Waals surface area contributed by atoms with Gasteiger partial charge in [-0.05, 0) is 82.5 Å². The molecule has 0 aliphatic carbocycles. The average Bonchev–Trinajstić information content (AvgIpc) is 3.01. The molecule has 4 rings (SSSR count). The molecule has 1 aliphatic heterocycles. The summed E-state index contributed by atoms with van der Waals surface area (Å²) in [7, 11) is 1.64. The molecule has 1 atom stereocenters. The fourth-order valence-electron chi connectivity index (χ4n) is 5.58. The molecule has 1 N–H and O–H groups in total. The van der Waals surface area contributed by atoms with Crippen LogP contribution in [0.2, 0.25) is 0 Å². The largest absolute Gasteiger partial charge is 0.491 e. The minimum atomic E-state index is -0.316. The number of hydrogen-bond acceptors (Lipinski definition) is 8. The van der Waals surface area contributed by atoms with Crippen molar-refractivity contribution in [2.24, 2.45) is 0 Å². The van der Waals surface area contributed by atoms with Crippen molar-refractivity contribution >= 4 is 11.6 Å². The number of benzene rings is 2. The second-order valence-corrected chi connectivity index (χ2v) is 11.0. The van der Waals surface area contributed by atoms with Crippen molar-refractivity contribution in [3.05, 3.63) is 82.7 Å². The van der Waals surface area contributed by atoms with Crippen molar-refractivity contribution in [1.82, 2.24) is 20.2 Å². The Morgan fingerprint density at radius 3 is 2.49 bits per heavy atom. The van der Waals surface area contributed by atoms with Crippen LogP contribution < -0.4 is 15.0 Å². The molecular formula is C33H41FN6O3. The normalized spacial score (nSPS) is 14.6. The number of methoxy groups -OCH3 is 1. The number of hydrogen-bond donors (Lipinski definition) is 1. The molecule has 1 saturated heterocycles. The molecule has 1 amide bonds. The lowest BCUT2D eigenvalue weighted by Crippen LogP contribution is -2.48. The number of aryl methyl sites for hydroxylation is 2. The van der Waals surface area contributed by atoms with Crippen molar-refractivity contribution in [3.8, 4) is 11.8 Å². The van der Waals surface area contributed by atoms with Crippen molar-refractivity contribution in [2.75, 3.05) is 44.9 Å². The minimum Gasteiger partial charge on any atom is -0.491 e. The number of aromatic nitrogens is 2. The third-order valence-corrected chi connectivity index (χ3v) is 8.10. The number of ether oxygens (including phenoxy) is 2. The van der Waals surface area contributed by atoms with Gasteiger partial charge in [-0.15, -0.1) is 0 Å². The minimum absolute atomic E-state index is 0.139. The highest BCUT2D eigenvalue weighted by Gasteiger charge is 2.28. The van der Waals surface area contributed by atoms with Gasteiger partial charge in [-0.3, -0.25) is 4.79 Å². The van der Waals surface area contributed by atoms with Gasteiger partial charge >= 0.3 is 0 Å². The van der Waals surface area contributed by atoms with Gasteiger partial charge in [-0.25, -0.2) is 14.4 Å². The Balaban J connectivity index is 1.39. The molecule has 2 aromatic carbocycles. The van der Waals surface area contributed by atoms with E-state index in [1.807, 2.05) is 38.1 Å². The van der Waals surface area contributed by atoms with E-state index in [9.17, 15) is 14.4 Å². The van der Waals surface area contributed by atoms with E-state index in [0.717, 1.165) is 43.8 Å². The maximum absolute atomic E-state index is 14.9. The fourth-order valence-corrected chi connectivity index (χ4v) is 5.58. The molecule has 0 bridgehead atoms. The molecule has 228 valence electrons. The molecule has 1 aliphatic rings. The van der Waals surface area contributed by atoms with Crippen LogP contribution in [0, 0.1) is 31.0 Å². The molecular weight excluding hydrogens is 547 g/mol. The van der Waals surface area contributed by atoms with E-state index < -0.39 is 0 Å². The number of anilines is 1. The predicted octanol–water partition coefficient (Wildman–Crippen LogP) is 4.81. The average molecular weight is 589 g/mol. The van der Waals surface area contributed by atoms with Crippen LogP contribution in [0.4, 0.5) is 10.1 Å². The van der Waals surface area contributed by atoms with E-state index in [-0.39, 0.29) is 23.8 Å². The van der Waals surface area contributed by atoms with Gasteiger partial charge in [0.2, 0.25) is 0 Å². The number of amides is 1. The Bertz CT molecular complexity index is 1380. The van der Waals surface area contributed by atoms with Gasteiger partial charge in [-0.2, -0.15) is 5.26 Å². The maximum atomic E-state index is 14.9. The molecule has 0 spiro atoms. The van der Waals surface area contributed by atoms with Gasteiger partial charge in [-0.1, -0.05) is 0 Å². The highest BCUT2D eigenvalue weighted by Crippen LogP contribution is 2.29. The van der Waals surface area contributed by atoms with Gasteiger partial charge in [0.15, 0.2) is 0 Å². The Kier molecular flexibility index (Phi) is 11.4. The molecule has 0 radical (unpaired) electrons. The van der Waals surface area contributed by atoms with Crippen LogP contribution >= 0.6 is 0 Å². The van der Waals surface area contributed by atoms with Crippen molar-refractivity contribution in [3.63, 3.8) is 0 Å². The van der Waals surface area contributed by atoms with Crippen molar-refractivity contribution < 1.29 is 18.7 Å². The standard InChI is InChI=1S/C33H41FN6O3/c1-23(11-14-36-33(41)32-24(2)37-22-38-25(32)3)39-15-12-29(13-16-39)40(21-27-19-26(20-35)5-10-31(27)34)28-6-8-30(9-7-28)43-18-17-42-4/h5-10,19,22-23,29H,11-18,21H2,1-4H3,(H,36,41). The maximum Gasteiger partial charge on any atom is 0.254 e. The van der Waals surface area contributed by atoms with Gasteiger partial charge in [0.25, 0.3) is 5.91 Å². The first kappa shape index (κ1) is 31.9. The summed E-state index contributed by atoms with van der Waals surface area (Å²) in [5.41, 5.74) is 3.82. The second kappa shape index (κ2) is 15.4. The number of halogens is 1. The lowest BCUT2D eigenvalue weighted by Gasteiger charge is -2.42. The first-order chi connectivity index (χ1) is 20.8. The van der Waals surface area contributed by atoms with Crippen LogP contribution in [0.5, 0.6) is 5.75 Å². The van der Waals surface area contributed by atoms with E-state index in [4.69, 9.17) is 9.47 Å². The summed E-state index contributed by atoms with van der Waals surface area (Å²) in [6, 6.07) is 15.0. The highest BCUT2D eigenvalue weighted by atomic mass is 19.1. The summed E-state index contributed by atoms with van der Waals surface area (Å²) < 4.78 is 25.7. The zero-order valence-electron chi connectivity index (χ0n) is 25.5. The smallest absolute Gasteiger partial charge is 0.254 e. The number of nitrogens with one attached hydrogen (secondary N) is 1. The van der Waals surface area contributed by atoms with Crippen LogP contribution in [-0.4, -0.2) is 72.8 Å². The Labute approximate surface area is 253 Å². The summed E-state index contributed by atoms with van der Waals surface area (Å²) in [6.07, 6.45) is 4.11. The van der Waals surface area contributed by atoms with E-state index >= 15 is 0 Å². The Hall–Kier alpha value is -4.07. The lowest BCUT2D eigenvalue weighted by molar-refractivity contribution is 0.0943. The Morgan fingerprint density at radius 2 is 1.84 bits per heavy atom. The third-order valence-electron chi connectivity index (χ3n) is 8.10. The molecule has 9 nitrogen and oxygen atoms in total. The zero-order valence-corrected chi connectivity index (χ0v) is 25.5. The fraction of sp³-hybridized carbons (Fsp3) is 0.455. The summed E-state index contributed by atoms with van der Waals surface area (Å²) in [6.45, 7) is 9.50. The van der Waals surface area contributed by atoms with E-state index in [0.29, 0.717) is 54.4 Å². The van der Waals surface area contributed by atoms with Crippen molar-refractivity contribution in [1.29, 1.82) is 5.26 Å². The number of nitrogens with zero attached hydrogens (tertiary/aromatic N) is 5. The molecule has 1 fully saturated rings. The number of rotatable bonds is 13. The third kappa shape index (κ3) is 8.49. The quantitative estimate of drug-likeness (QED) is 0.284. The van der Waals surface area contributed by atoms with E-state index in [1.165, 1.54) is 18.5 Å². The first-order valence-corrected chi connectivity index (χ1v) is 14.8. The molecule has 43 heavy (non-hydrogen) atoms. The van der Waals surface area contributed by atoms with E-state index in [2.05, 4.69) is 38.1 Å². The summed E-state index contributed by atoms with van der Waals surface area (Å²) in [5, 5.41) is 12.4. The molecule has 1 aromatic heterocycles. The zero-order chi connectivity index (χ0) is 30.8. The SMILES string of the molecule is COCCOc1ccc(N(Cc2cc(C#N)ccc2F)C2CCN(C(C)CCNC(=O)c3c(C)ncnc3C)CC2)cc1. The Morgan fingerprint density at radius 1 is 1.14 bits per heavy atom. The number of carbonyl (C=O) groups is 1. The highest BCUT2D eigenvalue weighted by molar-refractivity contribution is 5.96. The predicted molar refractivity (Wildman–Crippen MR) is 164 cm³/mol. The van der Waals surface area contributed by atoms with Gasteiger partial charge in [0.1, 0.15) is 24.5 Å². The lowest BCUT2D eigenvalue weighted by atomic mass is 9.99. The van der Waals surface area contributed by atoms with Crippen LogP contribution in [-0.2, 0) is 11.3 Å². The van der Waals surface area contributed by atoms with Crippen LogP contribution in [0.3, 0.4) is 0 Å². The number of piperidine rings is 1. The summed E-state index contributed by atoms with van der Waals surface area (Å²) in [4.78, 5) is 25.7. The van der Waals surface area contributed by atoms with Crippen LogP contribution in [0.1, 0.15) is 59.1 Å². The number of carbonyl (C=O) groups excluding carboxylic acids is 1. The summed E-state index contributed by atoms with van der Waals surface area (Å²) >= 11 is 0. The second-order valence-electron chi connectivity index (χ2n) is 11.0. The first-order valence-electron chi connectivity index (χ1n) is 14.8. The monoisotopic (exact) mass is 588 g/mol. The van der Waals surface area contributed by atoms with Gasteiger partial charge < -0.3 is 24.6 Å². The van der Waals surface area contributed by atoms with Crippen LogP contribution in [0.15, 0.2) is 48.8 Å². The van der Waals surface area contributed by atoms with Gasteiger partial charge in [0.05, 0.1) is 35.2 Å². The van der Waals surface area contributed by atoms with E-state index in [1.54, 1.807) is 13.2 Å². The summed E-state index contributed by atoms with van der Waals surface area (Å²) in [5.74, 6) is 0.295. The van der Waals surface area contributed by atoms with Crippen LogP contribution in [0.25, 0.3) is 0 Å². The van der Waals surface area contributed by atoms with Crippen molar-refractivity contribution in [2.45, 2.75) is 58.7 Å². The molecule has 10 heteroatoms.